The molecule has 1 aromatic carbocycles. The molecule has 3 aliphatic rings. The zero-order chi connectivity index (χ0) is 55.6. The first-order valence-electron chi connectivity index (χ1n) is 23.2. The lowest BCUT2D eigenvalue weighted by Crippen LogP contribution is -2.46. The number of hydrogen-bond acceptors (Lipinski definition) is 23. The van der Waals surface area contributed by atoms with Crippen LogP contribution in [-0.2, 0) is 71.6 Å². The monoisotopic (exact) mass is 1170 g/mol. The molecule has 6 rings (SSSR count). The third kappa shape index (κ3) is 17.0. The van der Waals surface area contributed by atoms with Crippen molar-refractivity contribution in [3.05, 3.63) is 48.5 Å². The summed E-state index contributed by atoms with van der Waals surface area (Å²) < 4.78 is 67.8. The molecular formula is C41H58N9O21P3S2. The number of imidazole rings is 1. The number of phosphoric acid groups is 3. The van der Waals surface area contributed by atoms with Gasteiger partial charge in [-0.25, -0.2) is 33.4 Å². The normalized spacial score (nSPS) is 23.6. The number of amides is 5. The minimum atomic E-state index is -5.62. The Morgan fingerprint density at radius 2 is 1.72 bits per heavy atom. The van der Waals surface area contributed by atoms with Crippen LogP contribution >= 0.6 is 47.0 Å². The van der Waals surface area contributed by atoms with Gasteiger partial charge in [0, 0.05) is 48.1 Å². The number of hydrogen-bond donors (Lipinski definition) is 10. The lowest BCUT2D eigenvalue weighted by molar-refractivity contribution is -0.145. The van der Waals surface area contributed by atoms with Gasteiger partial charge < -0.3 is 60.9 Å². The Morgan fingerprint density at radius 1 is 1.00 bits per heavy atom. The fourth-order valence-corrected chi connectivity index (χ4v) is 13.1. The molecule has 11 N–H and O–H groups in total. The second kappa shape index (κ2) is 26.5. The third-order valence-electron chi connectivity index (χ3n) is 11.8. The summed E-state index contributed by atoms with van der Waals surface area (Å²) in [5, 5.41) is 28.9. The number of ether oxygens (including phenoxy) is 2. The minimum absolute atomic E-state index is 0.00270. The lowest BCUT2D eigenvalue weighted by atomic mass is 9.87. The van der Waals surface area contributed by atoms with Gasteiger partial charge in [0.1, 0.15) is 42.9 Å². The highest BCUT2D eigenvalue weighted by atomic mass is 32.2. The maximum atomic E-state index is 13.1. The van der Waals surface area contributed by atoms with Gasteiger partial charge in [0.05, 0.1) is 38.0 Å². The molecule has 76 heavy (non-hydrogen) atoms. The van der Waals surface area contributed by atoms with E-state index < -0.39 is 114 Å². The number of esters is 1. The van der Waals surface area contributed by atoms with Crippen LogP contribution in [0.1, 0.15) is 64.2 Å². The van der Waals surface area contributed by atoms with Gasteiger partial charge in [0.15, 0.2) is 22.8 Å². The van der Waals surface area contributed by atoms with Gasteiger partial charge in [0.25, 0.3) is 0 Å². The number of aromatic nitrogens is 4. The van der Waals surface area contributed by atoms with Crippen molar-refractivity contribution in [2.24, 2.45) is 5.41 Å². The fourth-order valence-electron chi connectivity index (χ4n) is 8.01. The molecule has 5 amide bonds. The van der Waals surface area contributed by atoms with Gasteiger partial charge in [-0.05, 0) is 18.4 Å². The molecule has 2 unspecified atom stereocenters. The molecule has 3 aromatic rings. The molecule has 5 heterocycles. The number of carbonyl (C=O) groups is 6. The van der Waals surface area contributed by atoms with Crippen molar-refractivity contribution in [2.45, 2.75) is 107 Å². The molecule has 0 saturated carbocycles. The molecule has 10 atom stereocenters. The molecule has 3 aliphatic heterocycles. The van der Waals surface area contributed by atoms with E-state index >= 15 is 0 Å². The molecule has 2 aromatic heterocycles. The van der Waals surface area contributed by atoms with E-state index in [-0.39, 0.29) is 72.5 Å². The first-order valence-corrected chi connectivity index (χ1v) is 29.8. The number of benzene rings is 1. The number of anilines is 1. The van der Waals surface area contributed by atoms with E-state index in [2.05, 4.69) is 39.7 Å². The number of nitrogens with one attached hydrogen (secondary N) is 3. The van der Waals surface area contributed by atoms with E-state index in [1.165, 1.54) is 13.8 Å². The summed E-state index contributed by atoms with van der Waals surface area (Å²) in [5.41, 5.74) is 5.07. The Balaban J connectivity index is 0.841. The number of aliphatic hydroxyl groups is 2. The summed E-state index contributed by atoms with van der Waals surface area (Å²) in [6, 6.07) is 8.05. The van der Waals surface area contributed by atoms with Crippen LogP contribution in [0.2, 0.25) is 0 Å². The number of unbranched alkanes of at least 4 members (excludes halogenated alkanes) is 1. The van der Waals surface area contributed by atoms with Crippen LogP contribution in [0, 0.1) is 5.41 Å². The molecule has 0 bridgehead atoms. The number of urea groups is 1. The third-order valence-corrected chi connectivity index (χ3v) is 17.3. The fraction of sp³-hybridized carbons (Fsp3) is 0.585. The van der Waals surface area contributed by atoms with Crippen LogP contribution in [0.5, 0.6) is 0 Å². The molecule has 30 nitrogen and oxygen atoms in total. The Bertz CT molecular complexity index is 2730. The number of rotatable bonds is 28. The van der Waals surface area contributed by atoms with Gasteiger partial charge in [0.2, 0.25) is 17.7 Å². The summed E-state index contributed by atoms with van der Waals surface area (Å²) in [7, 11) is -16.5. The predicted octanol–water partition coefficient (Wildman–Crippen LogP) is 0.763. The van der Waals surface area contributed by atoms with Crippen molar-refractivity contribution in [2.75, 3.05) is 43.5 Å². The van der Waals surface area contributed by atoms with Crippen LogP contribution in [0.15, 0.2) is 43.0 Å². The van der Waals surface area contributed by atoms with Gasteiger partial charge in [-0.15, -0.1) is 0 Å². The standard InChI is InChI=1S/C41H58N9O21P3S2/c1-41(2,20-68-74(64,65)71-73(62,63)67-18-25-34(70-72(59,60)61)33(55)39(69-25)49-22-47-32-36(42)45-21-46-37(32)49)35(56)38(57)44-13-12-27(51)43-14-15-75-30(54)16-28(52)50-24-19-76-26(31(24)48-40(50)58)10-6-7-11-29(53)66-17-23-8-4-3-5-9-23/h3-5,8-9,21-22,24-26,31,33-35,39,55-56H,6-7,10-20H2,1-2H3,(H,43,51)(H,44,57)(H,48,58)(H,62,63)(H,64,65)(H2,42,45,46)(H2,59,60,61)/t24-,25+,26-,31-,33+,34+,35+,39+/m0/s1. The molecule has 35 heteroatoms. The average Bonchev–Trinajstić information content (AvgIpc) is 4.11. The summed E-state index contributed by atoms with van der Waals surface area (Å²) in [4.78, 5) is 128. The summed E-state index contributed by atoms with van der Waals surface area (Å²) in [6.07, 6.45) is -5.50. The number of fused-ring (bicyclic) bond motifs is 2. The second-order valence-electron chi connectivity index (χ2n) is 18.0. The molecule has 3 saturated heterocycles. The van der Waals surface area contributed by atoms with E-state index in [1.807, 2.05) is 30.3 Å². The lowest BCUT2D eigenvalue weighted by Gasteiger charge is -2.30. The minimum Gasteiger partial charge on any atom is -0.461 e. The van der Waals surface area contributed by atoms with Crippen LogP contribution in [0.4, 0.5) is 10.6 Å². The van der Waals surface area contributed by atoms with Crippen molar-refractivity contribution in [1.82, 2.24) is 40.4 Å². The van der Waals surface area contributed by atoms with Crippen molar-refractivity contribution in [3.63, 3.8) is 0 Å². The van der Waals surface area contributed by atoms with Gasteiger partial charge in [-0.2, -0.15) is 16.1 Å². The van der Waals surface area contributed by atoms with Crippen LogP contribution in [0.3, 0.4) is 0 Å². The van der Waals surface area contributed by atoms with E-state index in [4.69, 9.17) is 24.3 Å². The Morgan fingerprint density at radius 3 is 2.45 bits per heavy atom. The van der Waals surface area contributed by atoms with E-state index in [0.29, 0.717) is 25.0 Å². The zero-order valence-corrected chi connectivity index (χ0v) is 44.9. The van der Waals surface area contributed by atoms with E-state index in [9.17, 15) is 72.2 Å². The maximum absolute atomic E-state index is 13.1. The van der Waals surface area contributed by atoms with Gasteiger partial charge >= 0.3 is 35.5 Å². The topological polar surface area (TPSA) is 439 Å². The molecule has 0 radical (unpaired) electrons. The highest BCUT2D eigenvalue weighted by molar-refractivity contribution is 8.13. The summed E-state index contributed by atoms with van der Waals surface area (Å²) >= 11 is 2.40. The first-order chi connectivity index (χ1) is 35.7. The van der Waals surface area contributed by atoms with E-state index in [0.717, 1.165) is 39.4 Å². The highest BCUT2D eigenvalue weighted by Crippen LogP contribution is 2.61. The number of imide groups is 1. The smallest absolute Gasteiger partial charge is 0.461 e. The number of aliphatic hydroxyl groups excluding tert-OH is 2. The molecule has 3 fully saturated rings. The van der Waals surface area contributed by atoms with Crippen LogP contribution in [-0.4, -0.2) is 169 Å². The number of nitrogen functional groups attached to an aromatic ring is 1. The SMILES string of the molecule is CC(C)(COP(=O)(O)OP(=O)(O)OC[C@H]1O[C@@H](n2cnc3c(N)ncnc32)[C@H](O)[C@@H]1OP(=O)(O)O)[C@H](O)C(=O)NCCC(=O)NCCSC(=O)CC(=O)N1C(=O)N[C@@H]2[C@H](CCCCC(=O)OCc3ccccc3)SC[C@@H]21. The van der Waals surface area contributed by atoms with Crippen LogP contribution in [0.25, 0.3) is 11.2 Å². The van der Waals surface area contributed by atoms with Crippen molar-refractivity contribution in [3.8, 4) is 0 Å². The summed E-state index contributed by atoms with van der Waals surface area (Å²) in [6.45, 7) is 0.245. The highest BCUT2D eigenvalue weighted by Gasteiger charge is 2.52. The second-order valence-corrected chi connectivity index (χ2v) is 24.7. The molecule has 0 aliphatic carbocycles. The zero-order valence-electron chi connectivity index (χ0n) is 40.6. The van der Waals surface area contributed by atoms with Crippen molar-refractivity contribution in [1.29, 1.82) is 0 Å². The Labute approximate surface area is 441 Å². The van der Waals surface area contributed by atoms with Gasteiger partial charge in [-0.1, -0.05) is 62.4 Å². The van der Waals surface area contributed by atoms with Gasteiger partial charge in [-0.3, -0.25) is 47.0 Å². The predicted molar refractivity (Wildman–Crippen MR) is 266 cm³/mol. The molecule has 420 valence electrons. The number of nitrogens with zero attached hydrogens (tertiary/aromatic N) is 5. The quantitative estimate of drug-likeness (QED) is 0.0158. The largest absolute Gasteiger partial charge is 0.481 e. The molecule has 0 spiro atoms. The Kier molecular flexibility index (Phi) is 21.2. The molecular weight excluding hydrogens is 1110 g/mol. The van der Waals surface area contributed by atoms with Crippen molar-refractivity contribution < 1.29 is 99.6 Å². The van der Waals surface area contributed by atoms with Crippen LogP contribution < -0.4 is 21.7 Å². The van der Waals surface area contributed by atoms with E-state index in [1.54, 1.807) is 11.8 Å². The average molecular weight is 1170 g/mol. The Hall–Kier alpha value is -4.46. The van der Waals surface area contributed by atoms with Crippen molar-refractivity contribution >= 4 is 98.8 Å². The number of nitrogens with two attached hydrogens (primary N) is 1. The number of phosphoric ester groups is 3. The number of carbonyl (C=O) groups excluding carboxylic acids is 6. The first kappa shape index (κ1) is 60.8. The number of thioether (sulfide) groups is 2. The maximum Gasteiger partial charge on any atom is 0.481 e. The summed E-state index contributed by atoms with van der Waals surface area (Å²) in [5.74, 6) is -2.02.